The van der Waals surface area contributed by atoms with Crippen LogP contribution in [-0.4, -0.2) is 60.9 Å². The number of anilines is 1. The summed E-state index contributed by atoms with van der Waals surface area (Å²) < 4.78 is 0. The Bertz CT molecular complexity index is 943. The largest absolute Gasteiger partial charge is 0.351 e. The van der Waals surface area contributed by atoms with Gasteiger partial charge in [-0.05, 0) is 48.7 Å². The number of carbonyl (C=O) groups excluding carboxylic acids is 2. The Morgan fingerprint density at radius 2 is 1.58 bits per heavy atom. The van der Waals surface area contributed by atoms with E-state index in [1.807, 2.05) is 38.1 Å². The quantitative estimate of drug-likeness (QED) is 0.660. The third-order valence-electron chi connectivity index (χ3n) is 5.57. The molecule has 2 N–H and O–H groups in total. The van der Waals surface area contributed by atoms with Crippen LogP contribution < -0.4 is 10.6 Å². The predicted octanol–water partition coefficient (Wildman–Crippen LogP) is 3.48. The third-order valence-corrected chi connectivity index (χ3v) is 6.16. The van der Waals surface area contributed by atoms with Crippen molar-refractivity contribution in [3.63, 3.8) is 0 Å². The van der Waals surface area contributed by atoms with E-state index in [1.165, 1.54) is 0 Å². The minimum absolute atomic E-state index is 0.0141. The molecule has 1 aliphatic rings. The van der Waals surface area contributed by atoms with E-state index < -0.39 is 0 Å². The molecule has 31 heavy (non-hydrogen) atoms. The highest BCUT2D eigenvalue weighted by Crippen LogP contribution is 2.21. The van der Waals surface area contributed by atoms with E-state index in [-0.39, 0.29) is 11.8 Å². The summed E-state index contributed by atoms with van der Waals surface area (Å²) in [5, 5.41) is 7.02. The lowest BCUT2D eigenvalue weighted by molar-refractivity contribution is -0.123. The first kappa shape index (κ1) is 23.5. The maximum Gasteiger partial charge on any atom is 0.238 e. The molecule has 2 aromatic carbocycles. The van der Waals surface area contributed by atoms with Gasteiger partial charge in [-0.1, -0.05) is 41.4 Å². The Hall–Kier alpha value is -2.12. The molecular formula is C23H28Cl2N4O2. The zero-order valence-corrected chi connectivity index (χ0v) is 19.4. The SMILES string of the molecule is Cc1cccc(NC(=O)CN2CCN(CC(=O)NCc3ccc(Cl)cc3Cl)CC2)c1C. The van der Waals surface area contributed by atoms with Crippen LogP contribution in [0.15, 0.2) is 36.4 Å². The molecule has 1 aliphatic heterocycles. The summed E-state index contributed by atoms with van der Waals surface area (Å²) in [6.07, 6.45) is 0. The number of halogens is 2. The highest BCUT2D eigenvalue weighted by molar-refractivity contribution is 6.35. The molecule has 3 rings (SSSR count). The van der Waals surface area contributed by atoms with Gasteiger partial charge in [0, 0.05) is 48.5 Å². The summed E-state index contributed by atoms with van der Waals surface area (Å²) in [6, 6.07) is 11.1. The van der Waals surface area contributed by atoms with E-state index >= 15 is 0 Å². The zero-order chi connectivity index (χ0) is 22.4. The molecule has 0 aromatic heterocycles. The summed E-state index contributed by atoms with van der Waals surface area (Å²) in [7, 11) is 0. The number of rotatable bonds is 7. The lowest BCUT2D eigenvalue weighted by atomic mass is 10.1. The molecular weight excluding hydrogens is 435 g/mol. The van der Waals surface area contributed by atoms with Crippen molar-refractivity contribution in [1.29, 1.82) is 0 Å². The van der Waals surface area contributed by atoms with Crippen LogP contribution in [0.25, 0.3) is 0 Å². The number of hydrogen-bond acceptors (Lipinski definition) is 4. The van der Waals surface area contributed by atoms with Crippen LogP contribution in [0.5, 0.6) is 0 Å². The molecule has 0 unspecified atom stereocenters. The van der Waals surface area contributed by atoms with Gasteiger partial charge in [-0.3, -0.25) is 19.4 Å². The molecule has 1 heterocycles. The molecule has 1 fully saturated rings. The van der Waals surface area contributed by atoms with Gasteiger partial charge in [-0.25, -0.2) is 0 Å². The van der Waals surface area contributed by atoms with Crippen LogP contribution in [0.1, 0.15) is 16.7 Å². The summed E-state index contributed by atoms with van der Waals surface area (Å²) >= 11 is 12.0. The van der Waals surface area contributed by atoms with Crippen molar-refractivity contribution in [3.05, 3.63) is 63.1 Å². The van der Waals surface area contributed by atoms with Gasteiger partial charge >= 0.3 is 0 Å². The first-order chi connectivity index (χ1) is 14.8. The van der Waals surface area contributed by atoms with Gasteiger partial charge in [0.15, 0.2) is 0 Å². The van der Waals surface area contributed by atoms with Crippen LogP contribution in [0, 0.1) is 13.8 Å². The monoisotopic (exact) mass is 462 g/mol. The van der Waals surface area contributed by atoms with Gasteiger partial charge in [0.2, 0.25) is 11.8 Å². The number of carbonyl (C=O) groups is 2. The maximum atomic E-state index is 12.4. The summed E-state index contributed by atoms with van der Waals surface area (Å²) in [5.74, 6) is -0.0631. The van der Waals surface area contributed by atoms with Crippen molar-refractivity contribution >= 4 is 40.7 Å². The van der Waals surface area contributed by atoms with Crippen molar-refractivity contribution in [2.45, 2.75) is 20.4 Å². The molecule has 6 nitrogen and oxygen atoms in total. The summed E-state index contributed by atoms with van der Waals surface area (Å²) in [4.78, 5) is 28.9. The topological polar surface area (TPSA) is 64.7 Å². The Labute approximate surface area is 193 Å². The van der Waals surface area contributed by atoms with Crippen molar-refractivity contribution in [2.75, 3.05) is 44.6 Å². The zero-order valence-electron chi connectivity index (χ0n) is 17.9. The van der Waals surface area contributed by atoms with Gasteiger partial charge in [0.25, 0.3) is 0 Å². The Morgan fingerprint density at radius 1 is 0.935 bits per heavy atom. The first-order valence-electron chi connectivity index (χ1n) is 10.3. The molecule has 166 valence electrons. The summed E-state index contributed by atoms with van der Waals surface area (Å²) in [5.41, 5.74) is 3.94. The molecule has 2 aromatic rings. The number of amides is 2. The Balaban J connectivity index is 1.38. The number of nitrogens with one attached hydrogen (secondary N) is 2. The molecule has 0 aliphatic carbocycles. The average Bonchev–Trinajstić information content (AvgIpc) is 2.72. The van der Waals surface area contributed by atoms with E-state index in [0.29, 0.717) is 29.7 Å². The molecule has 0 spiro atoms. The number of nitrogens with zero attached hydrogens (tertiary/aromatic N) is 2. The number of piperazine rings is 1. The fourth-order valence-corrected chi connectivity index (χ4v) is 3.98. The highest BCUT2D eigenvalue weighted by Gasteiger charge is 2.21. The predicted molar refractivity (Wildman–Crippen MR) is 126 cm³/mol. The first-order valence-corrected chi connectivity index (χ1v) is 11.1. The lowest BCUT2D eigenvalue weighted by Crippen LogP contribution is -2.50. The van der Waals surface area contributed by atoms with Gasteiger partial charge in [-0.15, -0.1) is 0 Å². The second-order valence-electron chi connectivity index (χ2n) is 7.86. The van der Waals surface area contributed by atoms with Gasteiger partial charge in [0.1, 0.15) is 0 Å². The van der Waals surface area contributed by atoms with Crippen molar-refractivity contribution in [2.24, 2.45) is 0 Å². The third kappa shape index (κ3) is 6.94. The van der Waals surface area contributed by atoms with Crippen molar-refractivity contribution < 1.29 is 9.59 Å². The maximum absolute atomic E-state index is 12.4. The van der Waals surface area contributed by atoms with Crippen LogP contribution in [0.3, 0.4) is 0 Å². The van der Waals surface area contributed by atoms with Gasteiger partial charge in [0.05, 0.1) is 13.1 Å². The van der Waals surface area contributed by atoms with Crippen LogP contribution in [0.2, 0.25) is 10.0 Å². The number of hydrogen-bond donors (Lipinski definition) is 2. The standard InChI is InChI=1S/C23H28Cl2N4O2/c1-16-4-3-5-21(17(16)2)27-23(31)15-29-10-8-28(9-11-29)14-22(30)26-13-18-6-7-19(24)12-20(18)25/h3-7,12H,8-11,13-15H2,1-2H3,(H,26,30)(H,27,31). The molecule has 8 heteroatoms. The van der Waals surface area contributed by atoms with E-state index in [1.54, 1.807) is 12.1 Å². The highest BCUT2D eigenvalue weighted by atomic mass is 35.5. The second kappa shape index (κ2) is 11.0. The van der Waals surface area contributed by atoms with E-state index in [2.05, 4.69) is 20.4 Å². The Kier molecular flexibility index (Phi) is 8.32. The number of aryl methyl sites for hydroxylation is 1. The van der Waals surface area contributed by atoms with Crippen LogP contribution >= 0.6 is 23.2 Å². The molecule has 1 saturated heterocycles. The fourth-order valence-electron chi connectivity index (χ4n) is 3.50. The average molecular weight is 463 g/mol. The smallest absolute Gasteiger partial charge is 0.238 e. The minimum atomic E-state index is -0.0490. The van der Waals surface area contributed by atoms with Crippen LogP contribution in [-0.2, 0) is 16.1 Å². The summed E-state index contributed by atoms with van der Waals surface area (Å²) in [6.45, 7) is 8.06. The van der Waals surface area contributed by atoms with E-state index in [9.17, 15) is 9.59 Å². The lowest BCUT2D eigenvalue weighted by Gasteiger charge is -2.33. The van der Waals surface area contributed by atoms with Crippen LogP contribution in [0.4, 0.5) is 5.69 Å². The minimum Gasteiger partial charge on any atom is -0.351 e. The molecule has 0 saturated carbocycles. The normalized spacial score (nSPS) is 15.0. The van der Waals surface area contributed by atoms with Gasteiger partial charge < -0.3 is 10.6 Å². The van der Waals surface area contributed by atoms with Gasteiger partial charge in [-0.2, -0.15) is 0 Å². The van der Waals surface area contributed by atoms with Crippen molar-refractivity contribution in [3.8, 4) is 0 Å². The Morgan fingerprint density at radius 3 is 2.23 bits per heavy atom. The molecule has 0 bridgehead atoms. The fraction of sp³-hybridized carbons (Fsp3) is 0.391. The van der Waals surface area contributed by atoms with Crippen molar-refractivity contribution in [1.82, 2.24) is 15.1 Å². The molecule has 2 amide bonds. The van der Waals surface area contributed by atoms with E-state index in [0.717, 1.165) is 48.6 Å². The number of benzene rings is 2. The van der Waals surface area contributed by atoms with E-state index in [4.69, 9.17) is 23.2 Å². The second-order valence-corrected chi connectivity index (χ2v) is 8.70. The molecule has 0 radical (unpaired) electrons. The molecule has 0 atom stereocenters.